The van der Waals surface area contributed by atoms with E-state index in [9.17, 15) is 0 Å². The third-order valence-corrected chi connectivity index (χ3v) is 3.07. The van der Waals surface area contributed by atoms with Gasteiger partial charge in [0.25, 0.3) is 0 Å². The third kappa shape index (κ3) is 4.29. The molecular weight excluding hydrogens is 244 g/mol. The highest BCUT2D eigenvalue weighted by molar-refractivity contribution is 5.50. The fourth-order valence-corrected chi connectivity index (χ4v) is 1.96. The number of likely N-dealkylation sites (N-methyl/N-ethyl adjacent to an activating group) is 1. The van der Waals surface area contributed by atoms with Gasteiger partial charge in [0, 0.05) is 37.3 Å². The first kappa shape index (κ1) is 15.6. The summed E-state index contributed by atoms with van der Waals surface area (Å²) in [5.74, 6) is 2.31. The summed E-state index contributed by atoms with van der Waals surface area (Å²) < 4.78 is 16.1. The largest absolute Gasteiger partial charge is 0.496 e. The Morgan fingerprint density at radius 3 is 2.00 bits per heavy atom. The van der Waals surface area contributed by atoms with Crippen LogP contribution in [-0.2, 0) is 6.42 Å². The number of hydrogen-bond donors (Lipinski definition) is 1. The van der Waals surface area contributed by atoms with Crippen molar-refractivity contribution in [3.63, 3.8) is 0 Å². The van der Waals surface area contributed by atoms with E-state index in [1.165, 1.54) is 0 Å². The molecule has 19 heavy (non-hydrogen) atoms. The molecule has 0 heterocycles. The van der Waals surface area contributed by atoms with Gasteiger partial charge in [0.05, 0.1) is 21.3 Å². The van der Waals surface area contributed by atoms with Gasteiger partial charge in [0.1, 0.15) is 17.2 Å². The minimum Gasteiger partial charge on any atom is -0.496 e. The summed E-state index contributed by atoms with van der Waals surface area (Å²) in [6.07, 6.45) is 0.840. The van der Waals surface area contributed by atoms with Gasteiger partial charge < -0.3 is 24.8 Å². The van der Waals surface area contributed by atoms with E-state index in [1.54, 1.807) is 21.3 Å². The molecule has 0 bridgehead atoms. The van der Waals surface area contributed by atoms with Crippen molar-refractivity contribution in [1.82, 2.24) is 4.90 Å². The number of hydrogen-bond acceptors (Lipinski definition) is 5. The fraction of sp³-hybridized carbons (Fsp3) is 0.571. The molecule has 0 unspecified atom stereocenters. The van der Waals surface area contributed by atoms with Crippen LogP contribution in [0.4, 0.5) is 0 Å². The van der Waals surface area contributed by atoms with Gasteiger partial charge in [-0.25, -0.2) is 0 Å². The zero-order valence-corrected chi connectivity index (χ0v) is 12.2. The minimum atomic E-state index is 0.660. The Morgan fingerprint density at radius 1 is 1.00 bits per heavy atom. The summed E-state index contributed by atoms with van der Waals surface area (Å²) in [6.45, 7) is 2.43. The number of ether oxygens (including phenoxy) is 3. The van der Waals surface area contributed by atoms with E-state index in [0.717, 1.165) is 42.3 Å². The van der Waals surface area contributed by atoms with Crippen molar-refractivity contribution in [1.29, 1.82) is 0 Å². The van der Waals surface area contributed by atoms with Crippen molar-refractivity contribution in [2.45, 2.75) is 6.42 Å². The maximum atomic E-state index is 5.54. The fourth-order valence-electron chi connectivity index (χ4n) is 1.96. The maximum absolute atomic E-state index is 5.54. The van der Waals surface area contributed by atoms with Gasteiger partial charge in [-0.05, 0) is 13.5 Å². The van der Waals surface area contributed by atoms with E-state index in [2.05, 4.69) is 11.9 Å². The highest BCUT2D eigenvalue weighted by atomic mass is 16.5. The second-order valence-electron chi connectivity index (χ2n) is 4.35. The van der Waals surface area contributed by atoms with Crippen molar-refractivity contribution in [3.8, 4) is 17.2 Å². The Labute approximate surface area is 115 Å². The summed E-state index contributed by atoms with van der Waals surface area (Å²) in [6, 6.07) is 3.75. The van der Waals surface area contributed by atoms with Crippen molar-refractivity contribution in [2.24, 2.45) is 5.73 Å². The number of benzene rings is 1. The van der Waals surface area contributed by atoms with Crippen LogP contribution in [0.5, 0.6) is 17.2 Å². The van der Waals surface area contributed by atoms with E-state index < -0.39 is 0 Å². The van der Waals surface area contributed by atoms with Crippen LogP contribution in [0.1, 0.15) is 5.56 Å². The zero-order valence-electron chi connectivity index (χ0n) is 12.2. The van der Waals surface area contributed by atoms with Crippen LogP contribution in [0.2, 0.25) is 0 Å². The van der Waals surface area contributed by atoms with Gasteiger partial charge in [-0.2, -0.15) is 0 Å². The van der Waals surface area contributed by atoms with Gasteiger partial charge in [-0.15, -0.1) is 0 Å². The quantitative estimate of drug-likeness (QED) is 0.766. The van der Waals surface area contributed by atoms with E-state index in [4.69, 9.17) is 19.9 Å². The molecule has 0 aliphatic carbocycles. The molecule has 0 aliphatic rings. The predicted molar refractivity (Wildman–Crippen MR) is 76.4 cm³/mol. The molecule has 0 saturated heterocycles. The first-order chi connectivity index (χ1) is 9.15. The first-order valence-corrected chi connectivity index (χ1v) is 6.33. The minimum absolute atomic E-state index is 0.660. The van der Waals surface area contributed by atoms with Crippen molar-refractivity contribution >= 4 is 0 Å². The van der Waals surface area contributed by atoms with E-state index >= 15 is 0 Å². The Hall–Kier alpha value is -1.46. The Bertz CT molecular complexity index is 371. The van der Waals surface area contributed by atoms with Gasteiger partial charge in [0.2, 0.25) is 0 Å². The summed E-state index contributed by atoms with van der Waals surface area (Å²) in [7, 11) is 6.99. The zero-order chi connectivity index (χ0) is 14.3. The molecule has 1 aromatic carbocycles. The van der Waals surface area contributed by atoms with Gasteiger partial charge >= 0.3 is 0 Å². The maximum Gasteiger partial charge on any atom is 0.129 e. The average Bonchev–Trinajstić information content (AvgIpc) is 2.44. The van der Waals surface area contributed by atoms with Gasteiger partial charge in [-0.3, -0.25) is 0 Å². The molecule has 1 rings (SSSR count). The molecule has 1 aromatic rings. The summed E-state index contributed by atoms with van der Waals surface area (Å²) in [5.41, 5.74) is 6.59. The van der Waals surface area contributed by atoms with Crippen molar-refractivity contribution < 1.29 is 14.2 Å². The summed E-state index contributed by atoms with van der Waals surface area (Å²) >= 11 is 0. The van der Waals surface area contributed by atoms with Crippen LogP contribution < -0.4 is 19.9 Å². The predicted octanol–water partition coefficient (Wildman–Crippen LogP) is 1.15. The standard InChI is InChI=1S/C14H24N2O3/c1-16(8-6-15)7-5-12-13(18-3)9-11(17-2)10-14(12)19-4/h9-10H,5-8,15H2,1-4H3. The molecule has 0 fully saturated rings. The van der Waals surface area contributed by atoms with Crippen LogP contribution in [0.25, 0.3) is 0 Å². The molecule has 0 amide bonds. The Morgan fingerprint density at radius 2 is 1.58 bits per heavy atom. The highest BCUT2D eigenvalue weighted by Gasteiger charge is 2.13. The van der Waals surface area contributed by atoms with Gasteiger partial charge in [-0.1, -0.05) is 0 Å². The molecule has 0 atom stereocenters. The van der Waals surface area contributed by atoms with E-state index in [0.29, 0.717) is 6.54 Å². The number of nitrogens with zero attached hydrogens (tertiary/aromatic N) is 1. The first-order valence-electron chi connectivity index (χ1n) is 6.33. The molecule has 0 radical (unpaired) electrons. The molecule has 5 nitrogen and oxygen atoms in total. The van der Waals surface area contributed by atoms with Crippen molar-refractivity contribution in [2.75, 3.05) is 48.0 Å². The van der Waals surface area contributed by atoms with E-state index in [1.807, 2.05) is 12.1 Å². The van der Waals surface area contributed by atoms with Crippen LogP contribution in [0.3, 0.4) is 0 Å². The lowest BCUT2D eigenvalue weighted by Crippen LogP contribution is -2.27. The SMILES string of the molecule is COc1cc(OC)c(CCN(C)CCN)c(OC)c1. The van der Waals surface area contributed by atoms with Crippen molar-refractivity contribution in [3.05, 3.63) is 17.7 Å². The summed E-state index contributed by atoms with van der Waals surface area (Å²) in [4.78, 5) is 2.18. The molecule has 0 saturated carbocycles. The number of methoxy groups -OCH3 is 3. The average molecular weight is 268 g/mol. The number of rotatable bonds is 8. The lowest BCUT2D eigenvalue weighted by atomic mass is 10.1. The van der Waals surface area contributed by atoms with Gasteiger partial charge in [0.15, 0.2) is 0 Å². The molecule has 0 spiro atoms. The molecule has 2 N–H and O–H groups in total. The lowest BCUT2D eigenvalue weighted by molar-refractivity contribution is 0.335. The van der Waals surface area contributed by atoms with Crippen LogP contribution in [0.15, 0.2) is 12.1 Å². The second kappa shape index (κ2) is 7.86. The normalized spacial score (nSPS) is 10.6. The smallest absolute Gasteiger partial charge is 0.129 e. The molecule has 0 aliphatic heterocycles. The molecule has 108 valence electrons. The molecular formula is C14H24N2O3. The lowest BCUT2D eigenvalue weighted by Gasteiger charge is -2.19. The number of nitrogens with two attached hydrogens (primary N) is 1. The Kier molecular flexibility index (Phi) is 6.45. The monoisotopic (exact) mass is 268 g/mol. The topological polar surface area (TPSA) is 57.0 Å². The molecule has 5 heteroatoms. The van der Waals surface area contributed by atoms with Crippen LogP contribution >= 0.6 is 0 Å². The van der Waals surface area contributed by atoms with Crippen LogP contribution in [0, 0.1) is 0 Å². The second-order valence-corrected chi connectivity index (χ2v) is 4.35. The molecule has 0 aromatic heterocycles. The summed E-state index contributed by atoms with van der Waals surface area (Å²) in [5, 5.41) is 0. The Balaban J connectivity index is 2.90. The van der Waals surface area contributed by atoms with E-state index in [-0.39, 0.29) is 0 Å². The highest BCUT2D eigenvalue weighted by Crippen LogP contribution is 2.34. The third-order valence-electron chi connectivity index (χ3n) is 3.07. The van der Waals surface area contributed by atoms with Crippen LogP contribution in [-0.4, -0.2) is 52.9 Å².